The van der Waals surface area contributed by atoms with Crippen LogP contribution in [0.15, 0.2) is 23.4 Å². The molecule has 1 saturated heterocycles. The minimum atomic E-state index is -0.181. The molecule has 1 atom stereocenters. The van der Waals surface area contributed by atoms with E-state index < -0.39 is 0 Å². The summed E-state index contributed by atoms with van der Waals surface area (Å²) in [5, 5.41) is 10.3. The largest absolute Gasteiger partial charge is 0.497 e. The van der Waals surface area contributed by atoms with Crippen molar-refractivity contribution in [2.45, 2.75) is 24.1 Å². The summed E-state index contributed by atoms with van der Waals surface area (Å²) in [6, 6.07) is 5.22. The molecular weight excluding hydrogens is 344 g/mol. The molecule has 25 heavy (non-hydrogen) atoms. The van der Waals surface area contributed by atoms with E-state index in [1.54, 1.807) is 32.4 Å². The first kappa shape index (κ1) is 17.6. The Balaban J connectivity index is 1.56. The summed E-state index contributed by atoms with van der Waals surface area (Å²) in [5.41, 5.74) is 0.558. The minimum absolute atomic E-state index is 0.0169. The van der Waals surface area contributed by atoms with Gasteiger partial charge in [0.2, 0.25) is 11.1 Å². The van der Waals surface area contributed by atoms with Crippen LogP contribution >= 0.6 is 11.8 Å². The van der Waals surface area contributed by atoms with Gasteiger partial charge in [-0.15, -0.1) is 5.10 Å². The van der Waals surface area contributed by atoms with E-state index in [4.69, 9.17) is 14.2 Å². The summed E-state index contributed by atoms with van der Waals surface area (Å²) < 4.78 is 16.0. The fraction of sp³-hybridized carbons (Fsp3) is 0.438. The maximum Gasteiger partial charge on any atom is 0.234 e. The molecule has 0 bridgehead atoms. The molecule has 0 aliphatic carbocycles. The second kappa shape index (κ2) is 8.21. The van der Waals surface area contributed by atoms with Crippen LogP contribution in [-0.2, 0) is 9.53 Å². The molecule has 1 amide bonds. The Morgan fingerprint density at radius 1 is 1.44 bits per heavy atom. The number of nitrogens with one attached hydrogen (secondary N) is 2. The smallest absolute Gasteiger partial charge is 0.234 e. The second-order valence-corrected chi connectivity index (χ2v) is 6.35. The van der Waals surface area contributed by atoms with Crippen molar-refractivity contribution in [2.24, 2.45) is 0 Å². The molecule has 1 fully saturated rings. The summed E-state index contributed by atoms with van der Waals surface area (Å²) in [6.45, 7) is 0.749. The SMILES string of the molecule is COc1ccc(OC)c(NC(=O)CSc2n[nH]c([C@@H]3CCCO3)n2)c1. The van der Waals surface area contributed by atoms with E-state index in [2.05, 4.69) is 20.5 Å². The van der Waals surface area contributed by atoms with Gasteiger partial charge in [-0.2, -0.15) is 0 Å². The molecule has 134 valence electrons. The average molecular weight is 364 g/mol. The second-order valence-electron chi connectivity index (χ2n) is 5.41. The average Bonchev–Trinajstić information content (AvgIpc) is 3.31. The van der Waals surface area contributed by atoms with E-state index in [0.29, 0.717) is 22.3 Å². The predicted octanol–water partition coefficient (Wildman–Crippen LogP) is 2.40. The monoisotopic (exact) mass is 364 g/mol. The van der Waals surface area contributed by atoms with Crippen molar-refractivity contribution in [2.75, 3.05) is 31.9 Å². The summed E-state index contributed by atoms with van der Waals surface area (Å²) in [6.07, 6.45) is 1.95. The quantitative estimate of drug-likeness (QED) is 0.728. The molecular formula is C16H20N4O4S. The van der Waals surface area contributed by atoms with Crippen LogP contribution in [0.3, 0.4) is 0 Å². The van der Waals surface area contributed by atoms with Crippen molar-refractivity contribution in [3.05, 3.63) is 24.0 Å². The van der Waals surface area contributed by atoms with Gasteiger partial charge >= 0.3 is 0 Å². The standard InChI is InChI=1S/C16H20N4O4S/c1-22-10-5-6-12(23-2)11(8-10)17-14(21)9-25-16-18-15(19-20-16)13-4-3-7-24-13/h5-6,8,13H,3-4,7,9H2,1-2H3,(H,17,21)(H,18,19,20)/t13-/m0/s1. The van der Waals surface area contributed by atoms with Gasteiger partial charge in [-0.3, -0.25) is 9.89 Å². The van der Waals surface area contributed by atoms with Crippen molar-refractivity contribution in [3.63, 3.8) is 0 Å². The maximum atomic E-state index is 12.2. The van der Waals surface area contributed by atoms with Crippen LogP contribution < -0.4 is 14.8 Å². The van der Waals surface area contributed by atoms with E-state index in [1.807, 2.05) is 0 Å². The molecule has 2 aromatic rings. The van der Waals surface area contributed by atoms with Crippen LogP contribution in [0.1, 0.15) is 24.8 Å². The highest BCUT2D eigenvalue weighted by atomic mass is 32.2. The van der Waals surface area contributed by atoms with Crippen molar-refractivity contribution < 1.29 is 19.0 Å². The highest BCUT2D eigenvalue weighted by Gasteiger charge is 2.21. The summed E-state index contributed by atoms with van der Waals surface area (Å²) in [4.78, 5) is 16.6. The molecule has 1 aliphatic rings. The van der Waals surface area contributed by atoms with Crippen LogP contribution in [-0.4, -0.2) is 47.7 Å². The Bertz CT molecular complexity index is 731. The van der Waals surface area contributed by atoms with E-state index in [-0.39, 0.29) is 17.8 Å². The summed E-state index contributed by atoms with van der Waals surface area (Å²) in [7, 11) is 3.12. The summed E-state index contributed by atoms with van der Waals surface area (Å²) in [5.74, 6) is 1.93. The van der Waals surface area contributed by atoms with Gasteiger partial charge in [-0.1, -0.05) is 11.8 Å². The van der Waals surface area contributed by atoms with Crippen molar-refractivity contribution in [1.82, 2.24) is 15.2 Å². The molecule has 0 unspecified atom stereocenters. The lowest BCUT2D eigenvalue weighted by Crippen LogP contribution is -2.15. The van der Waals surface area contributed by atoms with Crippen molar-refractivity contribution in [1.29, 1.82) is 0 Å². The molecule has 1 aromatic heterocycles. The van der Waals surface area contributed by atoms with Gasteiger partial charge < -0.3 is 19.5 Å². The maximum absolute atomic E-state index is 12.2. The topological polar surface area (TPSA) is 98.4 Å². The Morgan fingerprint density at radius 3 is 3.04 bits per heavy atom. The lowest BCUT2D eigenvalue weighted by Gasteiger charge is -2.11. The van der Waals surface area contributed by atoms with Crippen LogP contribution in [0.2, 0.25) is 0 Å². The number of anilines is 1. The van der Waals surface area contributed by atoms with Crippen molar-refractivity contribution >= 4 is 23.4 Å². The molecule has 3 rings (SSSR count). The third-order valence-electron chi connectivity index (χ3n) is 3.73. The number of nitrogens with zero attached hydrogens (tertiary/aromatic N) is 2. The Hall–Kier alpha value is -2.26. The number of aromatic nitrogens is 3. The van der Waals surface area contributed by atoms with E-state index in [1.165, 1.54) is 11.8 Å². The predicted molar refractivity (Wildman–Crippen MR) is 93.2 cm³/mol. The lowest BCUT2D eigenvalue weighted by atomic mass is 10.2. The molecule has 0 radical (unpaired) electrons. The first-order chi connectivity index (χ1) is 12.2. The van der Waals surface area contributed by atoms with Crippen LogP contribution in [0, 0.1) is 0 Å². The highest BCUT2D eigenvalue weighted by molar-refractivity contribution is 7.99. The number of H-pyrrole nitrogens is 1. The van der Waals surface area contributed by atoms with Crippen LogP contribution in [0.4, 0.5) is 5.69 Å². The van der Waals surface area contributed by atoms with Gasteiger partial charge in [0.25, 0.3) is 0 Å². The first-order valence-electron chi connectivity index (χ1n) is 7.88. The fourth-order valence-corrected chi connectivity index (χ4v) is 3.09. The molecule has 8 nitrogen and oxygen atoms in total. The van der Waals surface area contributed by atoms with Gasteiger partial charge in [-0.25, -0.2) is 4.98 Å². The van der Waals surface area contributed by atoms with Gasteiger partial charge in [0.1, 0.15) is 17.6 Å². The summed E-state index contributed by atoms with van der Waals surface area (Å²) >= 11 is 1.26. The Morgan fingerprint density at radius 2 is 2.32 bits per heavy atom. The number of aromatic amines is 1. The lowest BCUT2D eigenvalue weighted by molar-refractivity contribution is -0.113. The van der Waals surface area contributed by atoms with Crippen molar-refractivity contribution in [3.8, 4) is 11.5 Å². The van der Waals surface area contributed by atoms with E-state index in [0.717, 1.165) is 25.3 Å². The zero-order chi connectivity index (χ0) is 17.6. The molecule has 0 saturated carbocycles. The number of thioether (sulfide) groups is 1. The number of hydrogen-bond acceptors (Lipinski definition) is 7. The number of amides is 1. The van der Waals surface area contributed by atoms with Crippen LogP contribution in [0.25, 0.3) is 0 Å². The van der Waals surface area contributed by atoms with E-state index in [9.17, 15) is 4.79 Å². The van der Waals surface area contributed by atoms with Gasteiger partial charge in [0.05, 0.1) is 25.7 Å². The number of benzene rings is 1. The normalized spacial score (nSPS) is 16.6. The number of carbonyl (C=O) groups excluding carboxylic acids is 1. The Kier molecular flexibility index (Phi) is 5.77. The van der Waals surface area contributed by atoms with Gasteiger partial charge in [-0.05, 0) is 25.0 Å². The molecule has 9 heteroatoms. The minimum Gasteiger partial charge on any atom is -0.497 e. The molecule has 1 aliphatic heterocycles. The molecule has 2 heterocycles. The third kappa shape index (κ3) is 4.43. The highest BCUT2D eigenvalue weighted by Crippen LogP contribution is 2.29. The molecule has 2 N–H and O–H groups in total. The third-order valence-corrected chi connectivity index (χ3v) is 4.58. The fourth-order valence-electron chi connectivity index (χ4n) is 2.49. The number of rotatable bonds is 7. The Labute approximate surface area is 149 Å². The van der Waals surface area contributed by atoms with Crippen LogP contribution in [0.5, 0.6) is 11.5 Å². The van der Waals surface area contributed by atoms with Gasteiger partial charge in [0.15, 0.2) is 5.82 Å². The number of methoxy groups -OCH3 is 2. The zero-order valence-electron chi connectivity index (χ0n) is 14.1. The zero-order valence-corrected chi connectivity index (χ0v) is 14.9. The first-order valence-corrected chi connectivity index (χ1v) is 8.86. The number of ether oxygens (including phenoxy) is 3. The van der Waals surface area contributed by atoms with E-state index >= 15 is 0 Å². The molecule has 0 spiro atoms. The number of hydrogen-bond donors (Lipinski definition) is 2. The number of carbonyl (C=O) groups is 1. The van der Waals surface area contributed by atoms with Gasteiger partial charge in [0, 0.05) is 12.7 Å². The molecule has 1 aromatic carbocycles.